The highest BCUT2D eigenvalue weighted by molar-refractivity contribution is 7.98. The van der Waals surface area contributed by atoms with Crippen molar-refractivity contribution in [3.05, 3.63) is 30.5 Å². The molecule has 2 N–H and O–H groups in total. The monoisotopic (exact) mass is 248 g/mol. The van der Waals surface area contributed by atoms with Crippen LogP contribution in [0.1, 0.15) is 6.92 Å². The number of carbonyl (C=O) groups excluding carboxylic acids is 1. The molecule has 1 unspecified atom stereocenters. The van der Waals surface area contributed by atoms with Crippen molar-refractivity contribution in [2.24, 2.45) is 5.92 Å². The highest BCUT2D eigenvalue weighted by Crippen LogP contribution is 2.18. The number of rotatable bonds is 4. The molecule has 2 aromatic rings. The molecule has 0 aliphatic heterocycles. The lowest BCUT2D eigenvalue weighted by Gasteiger charge is -2.10. The van der Waals surface area contributed by atoms with Crippen LogP contribution in [0.3, 0.4) is 0 Å². The fourth-order valence-corrected chi connectivity index (χ4v) is 2.37. The molecule has 90 valence electrons. The van der Waals surface area contributed by atoms with Crippen molar-refractivity contribution in [3.8, 4) is 0 Å². The zero-order valence-electron chi connectivity index (χ0n) is 9.99. The summed E-state index contributed by atoms with van der Waals surface area (Å²) < 4.78 is 0. The molecule has 2 rings (SSSR count). The number of hydrogen-bond donors (Lipinski definition) is 2. The topological polar surface area (TPSA) is 44.9 Å². The summed E-state index contributed by atoms with van der Waals surface area (Å²) >= 11 is 1.69. The third-order valence-electron chi connectivity index (χ3n) is 2.69. The maximum atomic E-state index is 11.8. The Morgan fingerprint density at radius 2 is 2.29 bits per heavy atom. The standard InChI is InChI=1S/C13H16N2OS/c1-9(8-17-2)13(16)15-11-3-4-12-10(7-11)5-6-14-12/h3-7,9,14H,8H2,1-2H3,(H,15,16). The lowest BCUT2D eigenvalue weighted by atomic mass is 10.2. The second-order valence-electron chi connectivity index (χ2n) is 4.13. The van der Waals surface area contributed by atoms with Gasteiger partial charge < -0.3 is 10.3 Å². The molecule has 0 saturated carbocycles. The molecule has 0 radical (unpaired) electrons. The number of aromatic amines is 1. The SMILES string of the molecule is CSCC(C)C(=O)Nc1ccc2[nH]ccc2c1. The van der Waals surface area contributed by atoms with Crippen LogP contribution in [0.25, 0.3) is 10.9 Å². The Morgan fingerprint density at radius 3 is 3.06 bits per heavy atom. The van der Waals surface area contributed by atoms with Crippen molar-refractivity contribution >= 4 is 34.3 Å². The first-order valence-corrected chi connectivity index (χ1v) is 6.97. The summed E-state index contributed by atoms with van der Waals surface area (Å²) in [6, 6.07) is 7.87. The van der Waals surface area contributed by atoms with Crippen LogP contribution in [0.5, 0.6) is 0 Å². The van der Waals surface area contributed by atoms with E-state index in [1.807, 2.05) is 43.6 Å². The molecule has 0 saturated heterocycles. The van der Waals surface area contributed by atoms with Gasteiger partial charge in [0, 0.05) is 34.5 Å². The molecule has 17 heavy (non-hydrogen) atoms. The largest absolute Gasteiger partial charge is 0.361 e. The maximum Gasteiger partial charge on any atom is 0.228 e. The summed E-state index contributed by atoms with van der Waals surface area (Å²) in [5.41, 5.74) is 1.94. The van der Waals surface area contributed by atoms with Crippen molar-refractivity contribution in [1.29, 1.82) is 0 Å². The van der Waals surface area contributed by atoms with Gasteiger partial charge in [-0.25, -0.2) is 0 Å². The fraction of sp³-hybridized carbons (Fsp3) is 0.308. The first kappa shape index (κ1) is 12.0. The molecule has 1 atom stereocenters. The Balaban J connectivity index is 2.09. The van der Waals surface area contributed by atoms with Crippen molar-refractivity contribution in [1.82, 2.24) is 4.98 Å². The molecule has 1 heterocycles. The molecule has 0 bridgehead atoms. The molecular formula is C13H16N2OS. The van der Waals surface area contributed by atoms with Crippen LogP contribution >= 0.6 is 11.8 Å². The molecule has 1 amide bonds. The van der Waals surface area contributed by atoms with Gasteiger partial charge in [-0.1, -0.05) is 6.92 Å². The molecule has 1 aromatic carbocycles. The van der Waals surface area contributed by atoms with Gasteiger partial charge in [-0.2, -0.15) is 11.8 Å². The zero-order chi connectivity index (χ0) is 12.3. The molecule has 0 aliphatic rings. The summed E-state index contributed by atoms with van der Waals surface area (Å²) in [5, 5.41) is 4.05. The number of amides is 1. The summed E-state index contributed by atoms with van der Waals surface area (Å²) in [4.78, 5) is 15.0. The third-order valence-corrected chi connectivity index (χ3v) is 3.52. The number of H-pyrrole nitrogens is 1. The van der Waals surface area contributed by atoms with E-state index in [1.54, 1.807) is 11.8 Å². The number of fused-ring (bicyclic) bond motifs is 1. The predicted octanol–water partition coefficient (Wildman–Crippen LogP) is 3.11. The van der Waals surface area contributed by atoms with E-state index < -0.39 is 0 Å². The Labute approximate surface area is 105 Å². The molecule has 1 aromatic heterocycles. The maximum absolute atomic E-state index is 11.8. The quantitative estimate of drug-likeness (QED) is 0.873. The van der Waals surface area contributed by atoms with Gasteiger partial charge in [0.25, 0.3) is 0 Å². The summed E-state index contributed by atoms with van der Waals surface area (Å²) in [6.07, 6.45) is 3.91. The van der Waals surface area contributed by atoms with Crippen molar-refractivity contribution in [3.63, 3.8) is 0 Å². The van der Waals surface area contributed by atoms with Gasteiger partial charge >= 0.3 is 0 Å². The Hall–Kier alpha value is -1.42. The van der Waals surface area contributed by atoms with Gasteiger partial charge in [0.15, 0.2) is 0 Å². The molecular weight excluding hydrogens is 232 g/mol. The van der Waals surface area contributed by atoms with Crippen molar-refractivity contribution < 1.29 is 4.79 Å². The number of hydrogen-bond acceptors (Lipinski definition) is 2. The van der Waals surface area contributed by atoms with E-state index in [0.717, 1.165) is 22.3 Å². The molecule has 0 aliphatic carbocycles. The van der Waals surface area contributed by atoms with Crippen molar-refractivity contribution in [2.75, 3.05) is 17.3 Å². The van der Waals surface area contributed by atoms with Crippen LogP contribution in [0.15, 0.2) is 30.5 Å². The summed E-state index contributed by atoms with van der Waals surface area (Å²) in [7, 11) is 0. The number of carbonyl (C=O) groups is 1. The minimum Gasteiger partial charge on any atom is -0.361 e. The van der Waals surface area contributed by atoms with Gasteiger partial charge in [0.05, 0.1) is 0 Å². The first-order chi connectivity index (χ1) is 8.20. The molecule has 0 spiro atoms. The lowest BCUT2D eigenvalue weighted by molar-refractivity contribution is -0.118. The van der Waals surface area contributed by atoms with E-state index in [2.05, 4.69) is 10.3 Å². The van der Waals surface area contributed by atoms with Crippen LogP contribution in [-0.2, 0) is 4.79 Å². The molecule has 4 heteroatoms. The van der Waals surface area contributed by atoms with Gasteiger partial charge in [-0.15, -0.1) is 0 Å². The second-order valence-corrected chi connectivity index (χ2v) is 5.04. The lowest BCUT2D eigenvalue weighted by Crippen LogP contribution is -2.21. The van der Waals surface area contributed by atoms with Crippen LogP contribution < -0.4 is 5.32 Å². The van der Waals surface area contributed by atoms with Crippen molar-refractivity contribution in [2.45, 2.75) is 6.92 Å². The van der Waals surface area contributed by atoms with E-state index in [1.165, 1.54) is 0 Å². The van der Waals surface area contributed by atoms with Crippen LogP contribution in [0, 0.1) is 5.92 Å². The summed E-state index contributed by atoms with van der Waals surface area (Å²) in [5.74, 6) is 0.958. The van der Waals surface area contributed by atoms with Gasteiger partial charge in [0.1, 0.15) is 0 Å². The van der Waals surface area contributed by atoms with Crippen LogP contribution in [0.4, 0.5) is 5.69 Å². The van der Waals surface area contributed by atoms with E-state index in [4.69, 9.17) is 0 Å². The Bertz CT molecular complexity index is 521. The van der Waals surface area contributed by atoms with E-state index in [0.29, 0.717) is 0 Å². The smallest absolute Gasteiger partial charge is 0.228 e. The number of thioether (sulfide) groups is 1. The predicted molar refractivity (Wildman–Crippen MR) is 74.5 cm³/mol. The minimum atomic E-state index is 0.0342. The summed E-state index contributed by atoms with van der Waals surface area (Å²) in [6.45, 7) is 1.95. The van der Waals surface area contributed by atoms with E-state index >= 15 is 0 Å². The second kappa shape index (κ2) is 5.27. The fourth-order valence-electron chi connectivity index (χ4n) is 1.72. The highest BCUT2D eigenvalue weighted by atomic mass is 32.2. The number of aromatic nitrogens is 1. The number of benzene rings is 1. The molecule has 0 fully saturated rings. The normalized spacial score (nSPS) is 12.6. The van der Waals surface area contributed by atoms with E-state index in [-0.39, 0.29) is 11.8 Å². The average molecular weight is 248 g/mol. The Kier molecular flexibility index (Phi) is 3.74. The van der Waals surface area contributed by atoms with Gasteiger partial charge in [0.2, 0.25) is 5.91 Å². The minimum absolute atomic E-state index is 0.0342. The van der Waals surface area contributed by atoms with E-state index in [9.17, 15) is 4.79 Å². The Morgan fingerprint density at radius 1 is 1.47 bits per heavy atom. The van der Waals surface area contributed by atoms with Gasteiger partial charge in [-0.05, 0) is 30.5 Å². The number of anilines is 1. The average Bonchev–Trinajstić information content (AvgIpc) is 2.76. The van der Waals surface area contributed by atoms with Crippen LogP contribution in [-0.4, -0.2) is 22.9 Å². The zero-order valence-corrected chi connectivity index (χ0v) is 10.8. The number of nitrogens with one attached hydrogen (secondary N) is 2. The highest BCUT2D eigenvalue weighted by Gasteiger charge is 2.12. The van der Waals surface area contributed by atoms with Gasteiger partial charge in [-0.3, -0.25) is 4.79 Å². The van der Waals surface area contributed by atoms with Crippen LogP contribution in [0.2, 0.25) is 0 Å². The molecule has 3 nitrogen and oxygen atoms in total. The third kappa shape index (κ3) is 2.82. The first-order valence-electron chi connectivity index (χ1n) is 5.57.